The van der Waals surface area contributed by atoms with Crippen molar-refractivity contribution >= 4 is 5.97 Å². The summed E-state index contributed by atoms with van der Waals surface area (Å²) >= 11 is 0. The van der Waals surface area contributed by atoms with Crippen LogP contribution in [0.15, 0.2) is 35.1 Å². The first kappa shape index (κ1) is 19.3. The lowest BCUT2D eigenvalue weighted by molar-refractivity contribution is -0.304. The van der Waals surface area contributed by atoms with E-state index in [4.69, 9.17) is 9.47 Å². The second-order valence-corrected chi connectivity index (χ2v) is 8.33. The van der Waals surface area contributed by atoms with Crippen LogP contribution >= 0.6 is 0 Å². The molecule has 0 radical (unpaired) electrons. The Kier molecular flexibility index (Phi) is 4.90. The Hall–Kier alpha value is -1.47. The quantitative estimate of drug-likeness (QED) is 0.244. The Labute approximate surface area is 154 Å². The molecule has 1 aliphatic carbocycles. The zero-order valence-electron chi connectivity index (χ0n) is 15.9. The summed E-state index contributed by atoms with van der Waals surface area (Å²) < 4.78 is 11.3. The molecule has 6 nitrogen and oxygen atoms in total. The smallest absolute Gasteiger partial charge is 0.339 e. The number of hydrogen-bond acceptors (Lipinski definition) is 6. The van der Waals surface area contributed by atoms with Crippen molar-refractivity contribution in [1.82, 2.24) is 0 Å². The van der Waals surface area contributed by atoms with Crippen LogP contribution < -0.4 is 0 Å². The number of epoxide rings is 1. The third-order valence-corrected chi connectivity index (χ3v) is 5.72. The van der Waals surface area contributed by atoms with Crippen LogP contribution in [0.25, 0.3) is 0 Å². The normalized spacial score (nSPS) is 44.3. The lowest BCUT2D eigenvalue weighted by Crippen LogP contribution is -2.27. The fraction of sp³-hybridized carbons (Fsp3) is 0.650. The highest BCUT2D eigenvalue weighted by molar-refractivity contribution is 5.93. The minimum Gasteiger partial charge on any atom is -0.423 e. The van der Waals surface area contributed by atoms with E-state index in [-0.39, 0.29) is 17.7 Å². The Morgan fingerprint density at radius 3 is 2.69 bits per heavy atom. The summed E-state index contributed by atoms with van der Waals surface area (Å²) in [5.74, 6) is 0.0755. The molecule has 1 fully saturated rings. The first-order valence-corrected chi connectivity index (χ1v) is 9.13. The number of aliphatic hydroxyl groups is 1. The summed E-state index contributed by atoms with van der Waals surface area (Å²) in [6.45, 7) is 7.27. The molecule has 1 saturated heterocycles. The van der Waals surface area contributed by atoms with E-state index in [9.17, 15) is 15.2 Å². The van der Waals surface area contributed by atoms with Gasteiger partial charge in [0.2, 0.25) is 0 Å². The summed E-state index contributed by atoms with van der Waals surface area (Å²) in [5, 5.41) is 20.0. The number of fused-ring (bicyclic) bond motifs is 2. The number of ether oxygens (including phenoxy) is 2. The number of carbonyl (C=O) groups is 1. The maximum Gasteiger partial charge on any atom is 0.339 e. The minimum absolute atomic E-state index is 0.0998. The predicted octanol–water partition coefficient (Wildman–Crippen LogP) is 3.42. The third-order valence-electron chi connectivity index (χ3n) is 5.72. The number of allylic oxidation sites excluding steroid dienone is 1. The molecule has 3 rings (SSSR count). The van der Waals surface area contributed by atoms with E-state index in [0.29, 0.717) is 30.6 Å². The Balaban J connectivity index is 1.92. The molecule has 4 atom stereocenters. The van der Waals surface area contributed by atoms with E-state index in [1.807, 2.05) is 0 Å². The zero-order valence-corrected chi connectivity index (χ0v) is 15.9. The lowest BCUT2D eigenvalue weighted by Gasteiger charge is -2.24. The van der Waals surface area contributed by atoms with Crippen molar-refractivity contribution in [2.24, 2.45) is 0 Å². The Morgan fingerprint density at radius 1 is 1.27 bits per heavy atom. The van der Waals surface area contributed by atoms with Gasteiger partial charge in [0.1, 0.15) is 11.4 Å². The maximum atomic E-state index is 12.0. The van der Waals surface area contributed by atoms with Gasteiger partial charge in [0.15, 0.2) is 0 Å². The number of hydrogen-bond donors (Lipinski definition) is 2. The second-order valence-electron chi connectivity index (χ2n) is 8.33. The van der Waals surface area contributed by atoms with Gasteiger partial charge in [0.25, 0.3) is 0 Å². The van der Waals surface area contributed by atoms with Crippen LogP contribution in [0.3, 0.4) is 0 Å². The minimum atomic E-state index is -1.19. The number of rotatable bonds is 1. The number of carbonyl (C=O) groups excluding carboxylic acids is 1. The Bertz CT molecular complexity index is 688. The van der Waals surface area contributed by atoms with Crippen LogP contribution in [0.2, 0.25) is 0 Å². The van der Waals surface area contributed by atoms with Gasteiger partial charge in [-0.15, -0.1) is 0 Å². The fourth-order valence-electron chi connectivity index (χ4n) is 3.69. The van der Waals surface area contributed by atoms with E-state index in [1.54, 1.807) is 39.0 Å². The van der Waals surface area contributed by atoms with E-state index in [2.05, 4.69) is 11.8 Å². The molecule has 0 aromatic carbocycles. The van der Waals surface area contributed by atoms with Crippen LogP contribution in [0, 0.1) is 0 Å². The zero-order chi connectivity index (χ0) is 19.2. The molecule has 0 spiro atoms. The van der Waals surface area contributed by atoms with E-state index in [0.717, 1.165) is 18.4 Å². The Morgan fingerprint density at radius 2 is 2.00 bits per heavy atom. The average Bonchev–Trinajstić information content (AvgIpc) is 3.13. The van der Waals surface area contributed by atoms with E-state index >= 15 is 0 Å². The van der Waals surface area contributed by atoms with Gasteiger partial charge in [-0.2, -0.15) is 0 Å². The summed E-state index contributed by atoms with van der Waals surface area (Å²) in [4.78, 5) is 16.7. The van der Waals surface area contributed by atoms with Crippen LogP contribution in [0.1, 0.15) is 59.8 Å². The predicted molar refractivity (Wildman–Crippen MR) is 95.1 cm³/mol. The van der Waals surface area contributed by atoms with Crippen molar-refractivity contribution < 1.29 is 29.5 Å². The van der Waals surface area contributed by atoms with Gasteiger partial charge < -0.3 is 14.6 Å². The van der Waals surface area contributed by atoms with Crippen molar-refractivity contribution in [3.8, 4) is 0 Å². The molecule has 0 aromatic heterocycles. The molecule has 0 unspecified atom stereocenters. The summed E-state index contributed by atoms with van der Waals surface area (Å²) in [7, 11) is 0. The molecule has 26 heavy (non-hydrogen) atoms. The average molecular weight is 364 g/mol. The topological polar surface area (TPSA) is 88.5 Å². The molecule has 0 aromatic rings. The van der Waals surface area contributed by atoms with Crippen molar-refractivity contribution in [1.29, 1.82) is 0 Å². The van der Waals surface area contributed by atoms with Crippen molar-refractivity contribution in [3.63, 3.8) is 0 Å². The molecule has 3 aliphatic rings. The van der Waals surface area contributed by atoms with Crippen molar-refractivity contribution in [3.05, 3.63) is 35.1 Å². The van der Waals surface area contributed by atoms with Crippen LogP contribution in [0.4, 0.5) is 0 Å². The van der Waals surface area contributed by atoms with Gasteiger partial charge in [-0.1, -0.05) is 12.2 Å². The summed E-state index contributed by atoms with van der Waals surface area (Å²) in [5.41, 5.74) is -0.837. The van der Waals surface area contributed by atoms with Gasteiger partial charge in [0.05, 0.1) is 17.3 Å². The molecule has 2 N–H and O–H groups in total. The van der Waals surface area contributed by atoms with Gasteiger partial charge in [-0.3, -0.25) is 5.26 Å². The first-order valence-electron chi connectivity index (χ1n) is 9.13. The largest absolute Gasteiger partial charge is 0.423 e. The highest BCUT2D eigenvalue weighted by Crippen LogP contribution is 2.46. The van der Waals surface area contributed by atoms with Crippen molar-refractivity contribution in [2.75, 3.05) is 0 Å². The molecule has 2 heterocycles. The maximum absolute atomic E-state index is 12.0. The monoisotopic (exact) mass is 364 g/mol. The highest BCUT2D eigenvalue weighted by Gasteiger charge is 2.52. The highest BCUT2D eigenvalue weighted by atomic mass is 17.1. The molecular weight excluding hydrogens is 336 g/mol. The molecule has 2 aliphatic heterocycles. The lowest BCUT2D eigenvalue weighted by atomic mass is 9.89. The van der Waals surface area contributed by atoms with Crippen molar-refractivity contribution in [2.45, 2.75) is 82.7 Å². The molecule has 144 valence electrons. The molecule has 0 bridgehead atoms. The summed E-state index contributed by atoms with van der Waals surface area (Å²) in [6, 6.07) is 0. The second kappa shape index (κ2) is 6.60. The standard InChI is InChI=1S/C20H28O6/c1-13-14-6-11-20(4)16(25-20)7-10-19(3,26-23)9-5-8-18(2,22)12-15(14)24-17(13)21/h5,9,12,16,22-23H,6-8,10-11H2,1-4H3/b9-5+,15-12-/t16-,18+,19+,20-/m1/s1. The molecule has 0 amide bonds. The van der Waals surface area contributed by atoms with Gasteiger partial charge in [0, 0.05) is 11.1 Å². The van der Waals surface area contributed by atoms with E-state index < -0.39 is 11.2 Å². The third kappa shape index (κ3) is 3.93. The SMILES string of the molecule is CC1=C2CC[C@@]3(C)O[C@@H]3CC[C@@](C)(OO)/C=C/C[C@](C)(O)/C=C/2OC1=O. The van der Waals surface area contributed by atoms with Gasteiger partial charge in [-0.05, 0) is 65.9 Å². The van der Waals surface area contributed by atoms with Gasteiger partial charge >= 0.3 is 5.97 Å². The number of esters is 1. The van der Waals surface area contributed by atoms with Gasteiger partial charge in [-0.25, -0.2) is 9.68 Å². The molecular formula is C20H28O6. The van der Waals surface area contributed by atoms with Crippen LogP contribution in [-0.4, -0.2) is 39.2 Å². The summed E-state index contributed by atoms with van der Waals surface area (Å²) in [6.07, 6.45) is 8.30. The first-order chi connectivity index (χ1) is 12.1. The van der Waals surface area contributed by atoms with E-state index in [1.165, 1.54) is 0 Å². The van der Waals surface area contributed by atoms with Crippen LogP contribution in [-0.2, 0) is 19.2 Å². The fourth-order valence-corrected chi connectivity index (χ4v) is 3.69. The van der Waals surface area contributed by atoms with Crippen LogP contribution in [0.5, 0.6) is 0 Å². The molecule has 0 saturated carbocycles. The molecule has 6 heteroatoms.